The van der Waals surface area contributed by atoms with Gasteiger partial charge < -0.3 is 5.32 Å². The quantitative estimate of drug-likeness (QED) is 0.840. The van der Waals surface area contributed by atoms with Crippen molar-refractivity contribution < 1.29 is 9.59 Å². The van der Waals surface area contributed by atoms with E-state index in [-0.39, 0.29) is 18.0 Å². The van der Waals surface area contributed by atoms with Crippen LogP contribution in [0.15, 0.2) is 24.3 Å². The lowest BCUT2D eigenvalue weighted by atomic mass is 10.1. The number of thioether (sulfide) groups is 1. The molecule has 1 aliphatic heterocycles. The molecular weight excluding hydrogens is 260 g/mol. The summed E-state index contributed by atoms with van der Waals surface area (Å²) in [4.78, 5) is 25.3. The third kappa shape index (κ3) is 3.10. The molecule has 102 valence electrons. The third-order valence-corrected chi connectivity index (χ3v) is 3.95. The molecule has 1 aliphatic rings. The summed E-state index contributed by atoms with van der Waals surface area (Å²) in [5.74, 6) is 0.761. The fourth-order valence-corrected chi connectivity index (χ4v) is 2.59. The average Bonchev–Trinajstić information content (AvgIpc) is 2.66. The van der Waals surface area contributed by atoms with Crippen LogP contribution in [0.3, 0.4) is 0 Å². The zero-order chi connectivity index (χ0) is 13.8. The molecule has 0 unspecified atom stereocenters. The molecule has 0 saturated carbocycles. The Morgan fingerprint density at radius 3 is 2.74 bits per heavy atom. The Bertz CT molecular complexity index is 490. The van der Waals surface area contributed by atoms with E-state index in [0.717, 1.165) is 16.9 Å². The zero-order valence-corrected chi connectivity index (χ0v) is 12.0. The summed E-state index contributed by atoms with van der Waals surface area (Å²) < 4.78 is 0. The van der Waals surface area contributed by atoms with Gasteiger partial charge in [-0.2, -0.15) is 11.8 Å². The molecule has 1 N–H and O–H groups in total. The van der Waals surface area contributed by atoms with Crippen LogP contribution in [0.25, 0.3) is 0 Å². The van der Waals surface area contributed by atoms with Gasteiger partial charge in [0.25, 0.3) is 5.91 Å². The van der Waals surface area contributed by atoms with Gasteiger partial charge in [-0.05, 0) is 36.5 Å². The number of nitrogens with zero attached hydrogens (tertiary/aromatic N) is 1. The van der Waals surface area contributed by atoms with Crippen molar-refractivity contribution in [1.29, 1.82) is 0 Å². The first-order valence-electron chi connectivity index (χ1n) is 6.29. The first-order valence-corrected chi connectivity index (χ1v) is 7.68. The molecule has 5 heteroatoms. The summed E-state index contributed by atoms with van der Waals surface area (Å²) in [7, 11) is 0. The van der Waals surface area contributed by atoms with Crippen LogP contribution in [0, 0.1) is 6.92 Å². The Hall–Kier alpha value is -1.49. The topological polar surface area (TPSA) is 49.4 Å². The van der Waals surface area contributed by atoms with Gasteiger partial charge in [0.15, 0.2) is 0 Å². The van der Waals surface area contributed by atoms with Crippen molar-refractivity contribution in [2.24, 2.45) is 0 Å². The minimum Gasteiger partial charge on any atom is -0.326 e. The Labute approximate surface area is 117 Å². The van der Waals surface area contributed by atoms with Crippen molar-refractivity contribution in [3.63, 3.8) is 0 Å². The van der Waals surface area contributed by atoms with Crippen LogP contribution < -0.4 is 5.32 Å². The van der Waals surface area contributed by atoms with Gasteiger partial charge in [0.05, 0.1) is 6.54 Å². The van der Waals surface area contributed by atoms with Gasteiger partial charge in [-0.15, -0.1) is 0 Å². The number of amides is 3. The summed E-state index contributed by atoms with van der Waals surface area (Å²) in [6, 6.07) is 7.17. The number of aryl methyl sites for hydroxylation is 1. The Kier molecular flexibility index (Phi) is 4.47. The van der Waals surface area contributed by atoms with E-state index in [0.29, 0.717) is 13.0 Å². The van der Waals surface area contributed by atoms with Gasteiger partial charge in [-0.1, -0.05) is 24.3 Å². The number of imide groups is 1. The van der Waals surface area contributed by atoms with Crippen molar-refractivity contribution in [2.45, 2.75) is 25.9 Å². The lowest BCUT2D eigenvalue weighted by Crippen LogP contribution is -2.31. The summed E-state index contributed by atoms with van der Waals surface area (Å²) in [6.45, 7) is 2.34. The number of benzene rings is 1. The molecule has 1 aromatic carbocycles. The summed E-state index contributed by atoms with van der Waals surface area (Å²) >= 11 is 1.68. The second-order valence-electron chi connectivity index (χ2n) is 4.63. The number of carbonyl (C=O) groups is 2. The van der Waals surface area contributed by atoms with E-state index in [4.69, 9.17) is 0 Å². The van der Waals surface area contributed by atoms with E-state index >= 15 is 0 Å². The van der Waals surface area contributed by atoms with Crippen LogP contribution in [-0.2, 0) is 11.3 Å². The lowest BCUT2D eigenvalue weighted by molar-refractivity contribution is -0.127. The smallest absolute Gasteiger partial charge is 0.325 e. The number of rotatable bonds is 5. The van der Waals surface area contributed by atoms with E-state index < -0.39 is 0 Å². The van der Waals surface area contributed by atoms with Crippen LogP contribution >= 0.6 is 11.8 Å². The molecular formula is C14H18N2O2S. The molecule has 4 nitrogen and oxygen atoms in total. The first-order chi connectivity index (χ1) is 9.13. The second-order valence-corrected chi connectivity index (χ2v) is 5.62. The number of nitrogens with one attached hydrogen (secondary N) is 1. The van der Waals surface area contributed by atoms with Crippen LogP contribution in [0.4, 0.5) is 4.79 Å². The van der Waals surface area contributed by atoms with E-state index in [1.165, 1.54) is 4.90 Å². The molecule has 1 atom stereocenters. The summed E-state index contributed by atoms with van der Waals surface area (Å²) in [5, 5.41) is 2.75. The summed E-state index contributed by atoms with van der Waals surface area (Å²) in [6.07, 6.45) is 2.68. The molecule has 2 rings (SSSR count). The zero-order valence-electron chi connectivity index (χ0n) is 11.2. The van der Waals surface area contributed by atoms with E-state index in [2.05, 4.69) is 5.32 Å². The Morgan fingerprint density at radius 1 is 1.32 bits per heavy atom. The van der Waals surface area contributed by atoms with E-state index in [1.807, 2.05) is 37.4 Å². The van der Waals surface area contributed by atoms with Gasteiger partial charge >= 0.3 is 6.03 Å². The van der Waals surface area contributed by atoms with Crippen molar-refractivity contribution >= 4 is 23.7 Å². The largest absolute Gasteiger partial charge is 0.326 e. The minimum atomic E-state index is -0.357. The normalized spacial score (nSPS) is 18.8. The number of carbonyl (C=O) groups excluding carboxylic acids is 2. The molecule has 1 heterocycles. The predicted octanol–water partition coefficient (Wildman–Crippen LogP) is 2.17. The highest BCUT2D eigenvalue weighted by Gasteiger charge is 2.37. The monoisotopic (exact) mass is 278 g/mol. The Morgan fingerprint density at radius 2 is 2.05 bits per heavy atom. The first kappa shape index (κ1) is 13.9. The van der Waals surface area contributed by atoms with Crippen LogP contribution in [-0.4, -0.2) is 34.9 Å². The highest BCUT2D eigenvalue weighted by molar-refractivity contribution is 7.98. The van der Waals surface area contributed by atoms with E-state index in [1.54, 1.807) is 11.8 Å². The van der Waals surface area contributed by atoms with Gasteiger partial charge in [-0.3, -0.25) is 9.69 Å². The molecule has 1 aromatic rings. The standard InChI is InChI=1S/C14H18N2O2S/c1-10-5-3-4-6-11(10)9-16-13(17)12(7-8-19-2)15-14(16)18/h3-6,12H,7-9H2,1-2H3,(H,15,18)/t12-/m1/s1. The van der Waals surface area contributed by atoms with Crippen LogP contribution in [0.2, 0.25) is 0 Å². The average molecular weight is 278 g/mol. The van der Waals surface area contributed by atoms with Gasteiger partial charge in [0, 0.05) is 0 Å². The Balaban J connectivity index is 2.07. The minimum absolute atomic E-state index is 0.109. The van der Waals surface area contributed by atoms with Gasteiger partial charge in [0.1, 0.15) is 6.04 Å². The molecule has 0 bridgehead atoms. The van der Waals surface area contributed by atoms with Gasteiger partial charge in [0.2, 0.25) is 0 Å². The third-order valence-electron chi connectivity index (χ3n) is 3.31. The fourth-order valence-electron chi connectivity index (χ4n) is 2.12. The molecule has 0 radical (unpaired) electrons. The number of hydrogen-bond acceptors (Lipinski definition) is 3. The van der Waals surface area contributed by atoms with Crippen LogP contribution in [0.1, 0.15) is 17.5 Å². The molecule has 19 heavy (non-hydrogen) atoms. The highest BCUT2D eigenvalue weighted by atomic mass is 32.2. The molecule has 0 aliphatic carbocycles. The van der Waals surface area contributed by atoms with Crippen molar-refractivity contribution in [3.05, 3.63) is 35.4 Å². The molecule has 1 fully saturated rings. The fraction of sp³-hybridized carbons (Fsp3) is 0.429. The van der Waals surface area contributed by atoms with Gasteiger partial charge in [-0.25, -0.2) is 4.79 Å². The SMILES string of the molecule is CSCC[C@H]1NC(=O)N(Cc2ccccc2C)C1=O. The van der Waals surface area contributed by atoms with Crippen molar-refractivity contribution in [1.82, 2.24) is 10.2 Å². The highest BCUT2D eigenvalue weighted by Crippen LogP contribution is 2.17. The van der Waals surface area contributed by atoms with E-state index in [9.17, 15) is 9.59 Å². The maximum absolute atomic E-state index is 12.2. The van der Waals surface area contributed by atoms with Crippen molar-refractivity contribution in [2.75, 3.05) is 12.0 Å². The second kappa shape index (κ2) is 6.10. The molecule has 3 amide bonds. The predicted molar refractivity (Wildman–Crippen MR) is 77.0 cm³/mol. The maximum Gasteiger partial charge on any atom is 0.325 e. The number of hydrogen-bond donors (Lipinski definition) is 1. The number of urea groups is 1. The molecule has 0 spiro atoms. The van der Waals surface area contributed by atoms with Crippen molar-refractivity contribution in [3.8, 4) is 0 Å². The maximum atomic E-state index is 12.2. The van der Waals surface area contributed by atoms with Crippen LogP contribution in [0.5, 0.6) is 0 Å². The molecule has 0 aromatic heterocycles. The lowest BCUT2D eigenvalue weighted by Gasteiger charge is -2.14. The summed E-state index contributed by atoms with van der Waals surface area (Å²) in [5.41, 5.74) is 2.10. The molecule has 1 saturated heterocycles.